The molecule has 1 aromatic heterocycles. The first-order valence-electron chi connectivity index (χ1n) is 6.63. The van der Waals surface area contributed by atoms with Gasteiger partial charge in [-0.05, 0) is 25.5 Å². The van der Waals surface area contributed by atoms with Crippen LogP contribution in [-0.4, -0.2) is 26.8 Å². The van der Waals surface area contributed by atoms with Gasteiger partial charge in [0, 0.05) is 6.20 Å². The van der Waals surface area contributed by atoms with E-state index in [4.69, 9.17) is 5.11 Å². The molecule has 0 saturated heterocycles. The molecule has 2 atom stereocenters. The summed E-state index contributed by atoms with van der Waals surface area (Å²) >= 11 is 0. The molecule has 6 heteroatoms. The van der Waals surface area contributed by atoms with Crippen molar-refractivity contribution in [3.63, 3.8) is 0 Å². The van der Waals surface area contributed by atoms with E-state index in [-0.39, 0.29) is 17.6 Å². The van der Waals surface area contributed by atoms with E-state index >= 15 is 0 Å². The number of aromatic carboxylic acids is 1. The fraction of sp³-hybridized carbons (Fsp3) is 0.267. The first-order chi connectivity index (χ1) is 10.0. The zero-order chi connectivity index (χ0) is 15.4. The Kier molecular flexibility index (Phi) is 4.37. The molecular weight excluding hydrogens is 270 g/mol. The monoisotopic (exact) mass is 287 g/mol. The summed E-state index contributed by atoms with van der Waals surface area (Å²) in [6.07, 6.45) is 1.37. The van der Waals surface area contributed by atoms with Gasteiger partial charge >= 0.3 is 5.97 Å². The third kappa shape index (κ3) is 3.28. The average molecular weight is 287 g/mol. The van der Waals surface area contributed by atoms with Crippen LogP contribution in [0.2, 0.25) is 0 Å². The summed E-state index contributed by atoms with van der Waals surface area (Å²) in [6.45, 7) is 3.49. The predicted molar refractivity (Wildman–Crippen MR) is 76.9 cm³/mol. The topological polar surface area (TPSA) is 84.2 Å². The van der Waals surface area contributed by atoms with Crippen molar-refractivity contribution in [2.24, 2.45) is 0 Å². The molecule has 0 aliphatic rings. The van der Waals surface area contributed by atoms with Crippen molar-refractivity contribution in [2.75, 3.05) is 0 Å². The van der Waals surface area contributed by atoms with Gasteiger partial charge in [0.2, 0.25) is 5.91 Å². The third-order valence-corrected chi connectivity index (χ3v) is 3.29. The number of benzene rings is 1. The molecule has 6 nitrogen and oxygen atoms in total. The van der Waals surface area contributed by atoms with Gasteiger partial charge in [-0.3, -0.25) is 4.79 Å². The number of hydrogen-bond acceptors (Lipinski definition) is 3. The standard InChI is InChI=1S/C15H17N3O3/c1-10(12-6-4-3-5-7-12)17-14(19)11(2)18-13(15(20)21)8-9-16-18/h3-11H,1-2H3,(H,17,19)(H,20,21). The minimum atomic E-state index is -1.11. The lowest BCUT2D eigenvalue weighted by molar-refractivity contribution is -0.124. The highest BCUT2D eigenvalue weighted by Gasteiger charge is 2.22. The fourth-order valence-electron chi connectivity index (χ4n) is 2.06. The number of nitrogens with zero attached hydrogens (tertiary/aromatic N) is 2. The van der Waals surface area contributed by atoms with E-state index in [2.05, 4.69) is 10.4 Å². The molecule has 1 amide bonds. The minimum absolute atomic E-state index is 0.00925. The van der Waals surface area contributed by atoms with E-state index < -0.39 is 12.0 Å². The molecule has 1 aromatic carbocycles. The second kappa shape index (κ2) is 6.21. The van der Waals surface area contributed by atoms with E-state index in [0.29, 0.717) is 0 Å². The molecular formula is C15H17N3O3. The zero-order valence-corrected chi connectivity index (χ0v) is 11.9. The summed E-state index contributed by atoms with van der Waals surface area (Å²) in [6, 6.07) is 10.1. The smallest absolute Gasteiger partial charge is 0.354 e. The summed E-state index contributed by atoms with van der Waals surface area (Å²) < 4.78 is 1.20. The molecule has 1 heterocycles. The maximum Gasteiger partial charge on any atom is 0.354 e. The van der Waals surface area contributed by atoms with Crippen LogP contribution in [0.3, 0.4) is 0 Å². The van der Waals surface area contributed by atoms with Crippen LogP contribution in [-0.2, 0) is 4.79 Å². The van der Waals surface area contributed by atoms with Crippen molar-refractivity contribution >= 4 is 11.9 Å². The Morgan fingerprint density at radius 1 is 1.19 bits per heavy atom. The van der Waals surface area contributed by atoms with Crippen molar-refractivity contribution < 1.29 is 14.7 Å². The highest BCUT2D eigenvalue weighted by atomic mass is 16.4. The second-order valence-corrected chi connectivity index (χ2v) is 4.78. The van der Waals surface area contributed by atoms with Crippen LogP contribution in [0.15, 0.2) is 42.6 Å². The lowest BCUT2D eigenvalue weighted by Crippen LogP contribution is -2.34. The van der Waals surface area contributed by atoms with Gasteiger partial charge in [-0.2, -0.15) is 5.10 Å². The van der Waals surface area contributed by atoms with Crippen LogP contribution in [0.4, 0.5) is 0 Å². The molecule has 0 fully saturated rings. The Bertz CT molecular complexity index is 637. The summed E-state index contributed by atoms with van der Waals surface area (Å²) in [5.74, 6) is -1.39. The predicted octanol–water partition coefficient (Wildman–Crippen LogP) is 2.02. The zero-order valence-electron chi connectivity index (χ0n) is 11.9. The van der Waals surface area contributed by atoms with Crippen LogP contribution >= 0.6 is 0 Å². The molecule has 2 unspecified atom stereocenters. The minimum Gasteiger partial charge on any atom is -0.477 e. The first-order valence-corrected chi connectivity index (χ1v) is 6.63. The van der Waals surface area contributed by atoms with E-state index in [0.717, 1.165) is 5.56 Å². The number of rotatable bonds is 5. The number of carboxylic acids is 1. The van der Waals surface area contributed by atoms with Crippen LogP contribution in [0.1, 0.15) is 42.0 Å². The fourth-order valence-corrected chi connectivity index (χ4v) is 2.06. The van der Waals surface area contributed by atoms with Crippen LogP contribution in [0.5, 0.6) is 0 Å². The van der Waals surface area contributed by atoms with Crippen molar-refractivity contribution in [3.05, 3.63) is 53.9 Å². The molecule has 0 spiro atoms. The van der Waals surface area contributed by atoms with Gasteiger partial charge < -0.3 is 10.4 Å². The normalized spacial score (nSPS) is 13.4. The molecule has 110 valence electrons. The molecule has 21 heavy (non-hydrogen) atoms. The number of carbonyl (C=O) groups excluding carboxylic acids is 1. The maximum absolute atomic E-state index is 12.2. The second-order valence-electron chi connectivity index (χ2n) is 4.78. The van der Waals surface area contributed by atoms with Crippen LogP contribution in [0, 0.1) is 0 Å². The Labute approximate surface area is 122 Å². The Morgan fingerprint density at radius 3 is 2.48 bits per heavy atom. The lowest BCUT2D eigenvalue weighted by Gasteiger charge is -2.19. The number of carboxylic acid groups (broad SMARTS) is 1. The highest BCUT2D eigenvalue weighted by Crippen LogP contribution is 2.14. The van der Waals surface area contributed by atoms with Crippen molar-refractivity contribution in [2.45, 2.75) is 25.9 Å². The third-order valence-electron chi connectivity index (χ3n) is 3.29. The average Bonchev–Trinajstić information content (AvgIpc) is 2.96. The van der Waals surface area contributed by atoms with E-state index in [1.54, 1.807) is 6.92 Å². The van der Waals surface area contributed by atoms with Crippen LogP contribution in [0.25, 0.3) is 0 Å². The largest absolute Gasteiger partial charge is 0.477 e. The number of aromatic nitrogens is 2. The van der Waals surface area contributed by atoms with Crippen LogP contribution < -0.4 is 5.32 Å². The van der Waals surface area contributed by atoms with Gasteiger partial charge in [-0.1, -0.05) is 30.3 Å². The first kappa shape index (κ1) is 14.8. The molecule has 0 radical (unpaired) electrons. The quantitative estimate of drug-likeness (QED) is 0.881. The molecule has 0 bridgehead atoms. The summed E-state index contributed by atoms with van der Waals surface area (Å²) in [7, 11) is 0. The van der Waals surface area contributed by atoms with Gasteiger partial charge in [0.15, 0.2) is 0 Å². The molecule has 2 rings (SSSR count). The Morgan fingerprint density at radius 2 is 1.86 bits per heavy atom. The molecule has 2 aromatic rings. The summed E-state index contributed by atoms with van der Waals surface area (Å²) in [4.78, 5) is 23.3. The molecule has 0 aliphatic heterocycles. The van der Waals surface area contributed by atoms with Crippen molar-refractivity contribution in [1.29, 1.82) is 0 Å². The highest BCUT2D eigenvalue weighted by molar-refractivity contribution is 5.87. The van der Waals surface area contributed by atoms with E-state index in [1.807, 2.05) is 37.3 Å². The van der Waals surface area contributed by atoms with Crippen molar-refractivity contribution in [3.8, 4) is 0 Å². The number of amides is 1. The van der Waals surface area contributed by atoms with Gasteiger partial charge in [-0.25, -0.2) is 9.48 Å². The van der Waals surface area contributed by atoms with Gasteiger partial charge in [0.05, 0.1) is 6.04 Å². The lowest BCUT2D eigenvalue weighted by atomic mass is 10.1. The number of hydrogen-bond donors (Lipinski definition) is 2. The number of carbonyl (C=O) groups is 2. The van der Waals surface area contributed by atoms with Gasteiger partial charge in [0.25, 0.3) is 0 Å². The SMILES string of the molecule is CC(NC(=O)C(C)n1nccc1C(=O)O)c1ccccc1. The van der Waals surface area contributed by atoms with Gasteiger partial charge in [0.1, 0.15) is 11.7 Å². The molecule has 2 N–H and O–H groups in total. The maximum atomic E-state index is 12.2. The Balaban J connectivity index is 2.09. The van der Waals surface area contributed by atoms with E-state index in [1.165, 1.54) is 16.9 Å². The number of nitrogens with one attached hydrogen (secondary N) is 1. The summed E-state index contributed by atoms with van der Waals surface area (Å²) in [5, 5.41) is 15.8. The van der Waals surface area contributed by atoms with Crippen molar-refractivity contribution in [1.82, 2.24) is 15.1 Å². The molecule has 0 aliphatic carbocycles. The Hall–Kier alpha value is -2.63. The molecule has 0 saturated carbocycles. The van der Waals surface area contributed by atoms with E-state index in [9.17, 15) is 9.59 Å². The summed E-state index contributed by atoms with van der Waals surface area (Å²) in [5.41, 5.74) is 0.974. The van der Waals surface area contributed by atoms with Gasteiger partial charge in [-0.15, -0.1) is 0 Å².